The topological polar surface area (TPSA) is 81.8 Å². The number of likely N-dealkylation sites (tertiary alicyclic amines) is 2. The second-order valence-electron chi connectivity index (χ2n) is 14.5. The lowest BCUT2D eigenvalue weighted by atomic mass is 9.81. The van der Waals surface area contributed by atoms with Crippen molar-refractivity contribution in [3.63, 3.8) is 0 Å². The molecule has 2 N–H and O–H groups in total. The summed E-state index contributed by atoms with van der Waals surface area (Å²) in [5.41, 5.74) is 4.44. The number of nitrogens with zero attached hydrogens (tertiary/aromatic N) is 4. The third-order valence-corrected chi connectivity index (χ3v) is 12.1. The zero-order valence-corrected chi connectivity index (χ0v) is 29.4. The molecule has 0 bridgehead atoms. The first kappa shape index (κ1) is 34.9. The molecule has 2 aliphatic heterocycles. The van der Waals surface area contributed by atoms with Crippen molar-refractivity contribution < 1.29 is 18.8 Å². The summed E-state index contributed by atoms with van der Waals surface area (Å²) in [7, 11) is 0. The Kier molecular flexibility index (Phi) is 11.2. The molecule has 0 amide bonds. The smallest absolute Gasteiger partial charge is 0.321 e. The van der Waals surface area contributed by atoms with Crippen LogP contribution in [0.1, 0.15) is 89.1 Å². The first-order valence-corrected chi connectivity index (χ1v) is 18.7. The first-order chi connectivity index (χ1) is 21.9. The van der Waals surface area contributed by atoms with Crippen LogP contribution in [0.15, 0.2) is 53.0 Å². The number of allylic oxidation sites excluding steroid dienone is 4. The lowest BCUT2D eigenvalue weighted by Gasteiger charge is -2.37. The molecular weight excluding hydrogens is 599 g/mol. The Morgan fingerprint density at radius 2 is 1.89 bits per heavy atom. The van der Waals surface area contributed by atoms with E-state index in [1.807, 2.05) is 26.2 Å². The van der Waals surface area contributed by atoms with Gasteiger partial charge < -0.3 is 10.0 Å². The minimum absolute atomic E-state index is 0.0930. The van der Waals surface area contributed by atoms with E-state index in [1.165, 1.54) is 17.3 Å². The third kappa shape index (κ3) is 7.80. The Hall–Kier alpha value is -2.46. The summed E-state index contributed by atoms with van der Waals surface area (Å²) >= 11 is -0.665. The zero-order chi connectivity index (χ0) is 33.2. The second-order valence-corrected chi connectivity index (χ2v) is 16.0. The van der Waals surface area contributed by atoms with E-state index in [-0.39, 0.29) is 23.1 Å². The summed E-state index contributed by atoms with van der Waals surface area (Å²) in [6.07, 6.45) is 10.8. The number of hydrogen-bond acceptors (Lipinski definition) is 5. The van der Waals surface area contributed by atoms with Crippen molar-refractivity contribution in [3.8, 4) is 0 Å². The van der Waals surface area contributed by atoms with Gasteiger partial charge in [-0.1, -0.05) is 51.5 Å². The fraction of sp³-hybridized carbons (Fsp3) is 0.622. The Bertz CT molecular complexity index is 1430. The van der Waals surface area contributed by atoms with E-state index in [0.717, 1.165) is 74.4 Å². The predicted octanol–water partition coefficient (Wildman–Crippen LogP) is 6.94. The number of carboxylic acid groups (broad SMARTS) is 1. The van der Waals surface area contributed by atoms with E-state index < -0.39 is 23.2 Å². The van der Waals surface area contributed by atoms with Crippen LogP contribution in [0, 0.1) is 23.1 Å². The Balaban J connectivity index is 1.26. The number of piperidine rings is 1. The molecule has 1 aliphatic carbocycles. The number of carboxylic acids is 1. The van der Waals surface area contributed by atoms with Crippen LogP contribution in [0.4, 0.5) is 4.39 Å². The van der Waals surface area contributed by atoms with Crippen molar-refractivity contribution in [2.24, 2.45) is 17.3 Å². The quantitative estimate of drug-likeness (QED) is 0.242. The van der Waals surface area contributed by atoms with Crippen molar-refractivity contribution in [2.75, 3.05) is 39.0 Å². The van der Waals surface area contributed by atoms with Crippen molar-refractivity contribution >= 4 is 17.1 Å². The minimum atomic E-state index is -0.770. The number of carbonyl (C=O) groups is 1. The standard InChI is InChI=1S/C37H53FN4O3S/c1-7-37(4,5)35(36(43)44)41-23-29(33(24-41)28-10-9-11-30(38)19-28)22-40-16-14-26(15-17-40)34-21-31(39-42(34)8-2)20-27-12-13-32(46(6)45)18-25(27)3/h9-13,19,21,25-26,29,33,35,45H,7-8,14-18,20,22-24H2,1-6H3/p+1/t25?,29-,33+,35-,46?/m0/s1. The zero-order valence-electron chi connectivity index (χ0n) is 28.6. The van der Waals surface area contributed by atoms with Crippen LogP contribution in [-0.2, 0) is 28.9 Å². The highest BCUT2D eigenvalue weighted by atomic mass is 32.2. The number of hydrogen-bond donors (Lipinski definition) is 2. The molecule has 7 nitrogen and oxygen atoms in total. The summed E-state index contributed by atoms with van der Waals surface area (Å²) in [4.78, 5) is 18.4. The molecule has 1 aromatic heterocycles. The van der Waals surface area contributed by atoms with Gasteiger partial charge in [-0.25, -0.2) is 4.39 Å². The van der Waals surface area contributed by atoms with Gasteiger partial charge in [0.15, 0.2) is 16.1 Å². The van der Waals surface area contributed by atoms with Crippen molar-refractivity contribution in [3.05, 3.63) is 75.7 Å². The average molecular weight is 654 g/mol. The minimum Gasteiger partial charge on any atom is -0.480 e. The SMILES string of the molecule is CCn1nc(CC2=CC=C([S+](C)O)CC2C)cc1C1CCN(C[C@H]2CN([C@@H](C(=O)O)C(C)(C)CC)C[C@@H]2c2cccc(F)c2)CC1. The summed E-state index contributed by atoms with van der Waals surface area (Å²) in [6.45, 7) is 15.6. The second kappa shape index (κ2) is 14.8. The Morgan fingerprint density at radius 1 is 1.15 bits per heavy atom. The number of aromatic nitrogens is 2. The molecule has 5 rings (SSSR count). The van der Waals surface area contributed by atoms with Gasteiger partial charge in [0.1, 0.15) is 18.1 Å². The first-order valence-electron chi connectivity index (χ1n) is 17.2. The van der Waals surface area contributed by atoms with Crippen molar-refractivity contribution in [2.45, 2.75) is 91.1 Å². The van der Waals surface area contributed by atoms with Crippen LogP contribution in [0.3, 0.4) is 0 Å². The molecular formula is C37H54FN4O3S+. The summed E-state index contributed by atoms with van der Waals surface area (Å²) in [5.74, 6) is 0.183. The number of aryl methyl sites for hydroxylation is 1. The van der Waals surface area contributed by atoms with Crippen LogP contribution < -0.4 is 0 Å². The van der Waals surface area contributed by atoms with Crippen molar-refractivity contribution in [1.82, 2.24) is 19.6 Å². The van der Waals surface area contributed by atoms with Gasteiger partial charge in [-0.2, -0.15) is 9.65 Å². The van der Waals surface area contributed by atoms with Gasteiger partial charge in [-0.15, -0.1) is 0 Å². The van der Waals surface area contributed by atoms with Gasteiger partial charge in [-0.05, 0) is 86.4 Å². The van der Waals surface area contributed by atoms with Crippen LogP contribution in [0.25, 0.3) is 0 Å². The third-order valence-electron chi connectivity index (χ3n) is 11.0. The van der Waals surface area contributed by atoms with E-state index in [2.05, 4.69) is 53.5 Å². The highest BCUT2D eigenvalue weighted by Gasteiger charge is 2.45. The normalized spacial score (nSPS) is 24.9. The lowest BCUT2D eigenvalue weighted by Crippen LogP contribution is -2.49. The van der Waals surface area contributed by atoms with Gasteiger partial charge in [-0.3, -0.25) is 14.4 Å². The summed E-state index contributed by atoms with van der Waals surface area (Å²) < 4.78 is 26.6. The van der Waals surface area contributed by atoms with Gasteiger partial charge in [0.25, 0.3) is 0 Å². The molecule has 0 saturated carbocycles. The molecule has 3 aliphatic rings. The molecule has 2 unspecified atom stereocenters. The average Bonchev–Trinajstić information content (AvgIpc) is 3.62. The maximum atomic E-state index is 14.4. The van der Waals surface area contributed by atoms with E-state index in [0.29, 0.717) is 24.9 Å². The maximum Gasteiger partial charge on any atom is 0.321 e. The van der Waals surface area contributed by atoms with Gasteiger partial charge in [0, 0.05) is 56.6 Å². The van der Waals surface area contributed by atoms with Crippen LogP contribution in [-0.4, -0.2) is 80.2 Å². The lowest BCUT2D eigenvalue weighted by molar-refractivity contribution is -0.147. The number of benzene rings is 1. The van der Waals surface area contributed by atoms with Gasteiger partial charge in [0.05, 0.1) is 5.69 Å². The van der Waals surface area contributed by atoms with E-state index >= 15 is 0 Å². The molecule has 2 aromatic rings. The molecule has 2 fully saturated rings. The molecule has 2 saturated heterocycles. The van der Waals surface area contributed by atoms with E-state index in [9.17, 15) is 18.8 Å². The highest BCUT2D eigenvalue weighted by Crippen LogP contribution is 2.40. The maximum absolute atomic E-state index is 14.4. The van der Waals surface area contributed by atoms with E-state index in [1.54, 1.807) is 12.1 Å². The predicted molar refractivity (Wildman–Crippen MR) is 186 cm³/mol. The molecule has 0 spiro atoms. The monoisotopic (exact) mass is 653 g/mol. The number of halogens is 1. The number of aliphatic carboxylic acids is 1. The fourth-order valence-corrected chi connectivity index (χ4v) is 8.77. The molecule has 5 atom stereocenters. The number of rotatable bonds is 12. The molecule has 252 valence electrons. The van der Waals surface area contributed by atoms with Crippen LogP contribution in [0.5, 0.6) is 0 Å². The molecule has 3 heterocycles. The van der Waals surface area contributed by atoms with Crippen LogP contribution in [0.2, 0.25) is 0 Å². The molecule has 1 aromatic carbocycles. The van der Waals surface area contributed by atoms with Gasteiger partial charge >= 0.3 is 5.97 Å². The summed E-state index contributed by atoms with van der Waals surface area (Å²) in [6, 6.07) is 8.67. The molecule has 46 heavy (non-hydrogen) atoms. The summed E-state index contributed by atoms with van der Waals surface area (Å²) in [5, 5.41) is 15.3. The Morgan fingerprint density at radius 3 is 2.50 bits per heavy atom. The van der Waals surface area contributed by atoms with Crippen molar-refractivity contribution in [1.29, 1.82) is 0 Å². The van der Waals surface area contributed by atoms with Crippen LogP contribution >= 0.6 is 0 Å². The molecule has 9 heteroatoms. The fourth-order valence-electron chi connectivity index (χ4n) is 8.02. The highest BCUT2D eigenvalue weighted by molar-refractivity contribution is 7.94. The Labute approximate surface area is 278 Å². The van der Waals surface area contributed by atoms with Gasteiger partial charge in [0.2, 0.25) is 0 Å². The largest absolute Gasteiger partial charge is 0.480 e. The van der Waals surface area contributed by atoms with E-state index in [4.69, 9.17) is 5.10 Å². The molecule has 0 radical (unpaired) electrons.